The van der Waals surface area contributed by atoms with Crippen LogP contribution in [0.1, 0.15) is 25.7 Å². The Bertz CT molecular complexity index is 420. The molecule has 0 aromatic heterocycles. The average molecular weight is 450 g/mol. The highest BCUT2D eigenvalue weighted by atomic mass is 79.9. The van der Waals surface area contributed by atoms with Crippen molar-refractivity contribution in [1.29, 1.82) is 0 Å². The first kappa shape index (κ1) is 17.3. The van der Waals surface area contributed by atoms with Crippen LogP contribution in [0, 0.1) is 23.7 Å². The van der Waals surface area contributed by atoms with Crippen LogP contribution >= 0.6 is 31.9 Å². The molecule has 0 heterocycles. The summed E-state index contributed by atoms with van der Waals surface area (Å²) in [7, 11) is 8.97. The van der Waals surface area contributed by atoms with E-state index in [2.05, 4.69) is 69.9 Å². The summed E-state index contributed by atoms with van der Waals surface area (Å²) < 4.78 is 6.80. The van der Waals surface area contributed by atoms with Crippen molar-refractivity contribution in [3.05, 3.63) is 0 Å². The van der Waals surface area contributed by atoms with Crippen LogP contribution in [0.25, 0.3) is 0 Å². The lowest BCUT2D eigenvalue weighted by Crippen LogP contribution is -2.38. The van der Waals surface area contributed by atoms with E-state index in [1.165, 1.54) is 25.7 Å². The second-order valence-electron chi connectivity index (χ2n) is 8.75. The highest BCUT2D eigenvalue weighted by Crippen LogP contribution is 2.55. The Morgan fingerprint density at radius 1 is 0.652 bits per heavy atom. The molecule has 4 fully saturated rings. The lowest BCUT2D eigenvalue weighted by Gasteiger charge is -2.33. The predicted molar refractivity (Wildman–Crippen MR) is 101 cm³/mol. The van der Waals surface area contributed by atoms with Crippen LogP contribution in [0.5, 0.6) is 0 Å². The Morgan fingerprint density at radius 3 is 1.35 bits per heavy atom. The van der Waals surface area contributed by atoms with Gasteiger partial charge in [-0.2, -0.15) is 0 Å². The zero-order valence-corrected chi connectivity index (χ0v) is 17.8. The smallest absolute Gasteiger partial charge is 0.0626 e. The molecular formula is C18H30Br2N2O. The highest BCUT2D eigenvalue weighted by molar-refractivity contribution is 9.09. The van der Waals surface area contributed by atoms with Crippen molar-refractivity contribution in [1.82, 2.24) is 9.80 Å². The van der Waals surface area contributed by atoms with E-state index in [4.69, 9.17) is 4.74 Å². The van der Waals surface area contributed by atoms with Crippen LogP contribution in [0.4, 0.5) is 0 Å². The summed E-state index contributed by atoms with van der Waals surface area (Å²) in [4.78, 5) is 6.28. The fraction of sp³-hybridized carbons (Fsp3) is 1.00. The van der Waals surface area contributed by atoms with Gasteiger partial charge in [0.05, 0.1) is 12.2 Å². The normalized spacial score (nSPS) is 54.8. The van der Waals surface area contributed by atoms with Gasteiger partial charge in [0.2, 0.25) is 0 Å². The molecule has 0 amide bonds. The molecule has 0 radical (unpaired) electrons. The molecule has 0 N–H and O–H groups in total. The molecule has 0 aromatic rings. The molecule has 0 aliphatic heterocycles. The summed E-state index contributed by atoms with van der Waals surface area (Å²) in [6.45, 7) is 0. The Hall–Kier alpha value is 0.840. The summed E-state index contributed by atoms with van der Waals surface area (Å²) in [5.74, 6) is 2.98. The molecule has 0 spiro atoms. The number of hydrogen-bond acceptors (Lipinski definition) is 3. The Kier molecular flexibility index (Phi) is 4.67. The number of ether oxygens (including phenoxy) is 1. The number of nitrogens with zero attached hydrogens (tertiary/aromatic N) is 2. The molecular weight excluding hydrogens is 420 g/mol. The molecule has 5 heteroatoms. The Balaban J connectivity index is 1.45. The third kappa shape index (κ3) is 2.68. The highest BCUT2D eigenvalue weighted by Gasteiger charge is 2.58. The van der Waals surface area contributed by atoms with E-state index in [9.17, 15) is 0 Å². The summed E-state index contributed by atoms with van der Waals surface area (Å²) in [6.07, 6.45) is 6.06. The van der Waals surface area contributed by atoms with Crippen molar-refractivity contribution < 1.29 is 4.74 Å². The van der Waals surface area contributed by atoms with Crippen LogP contribution in [0.2, 0.25) is 0 Å². The molecule has 4 bridgehead atoms. The van der Waals surface area contributed by atoms with Crippen molar-refractivity contribution in [2.45, 2.75) is 59.6 Å². The predicted octanol–water partition coefficient (Wildman–Crippen LogP) is 3.21. The summed E-state index contributed by atoms with van der Waals surface area (Å²) in [5, 5.41) is 0. The lowest BCUT2D eigenvalue weighted by molar-refractivity contribution is -0.0672. The van der Waals surface area contributed by atoms with Crippen LogP contribution in [-0.2, 0) is 4.74 Å². The topological polar surface area (TPSA) is 15.7 Å². The van der Waals surface area contributed by atoms with Crippen molar-refractivity contribution >= 4 is 31.9 Å². The zero-order chi connectivity index (χ0) is 16.5. The fourth-order valence-electron chi connectivity index (χ4n) is 6.48. The van der Waals surface area contributed by atoms with Gasteiger partial charge in [0.25, 0.3) is 0 Å². The van der Waals surface area contributed by atoms with Crippen LogP contribution in [0.15, 0.2) is 0 Å². The number of rotatable bonds is 4. The lowest BCUT2D eigenvalue weighted by atomic mass is 9.94. The molecule has 3 nitrogen and oxygen atoms in total. The van der Waals surface area contributed by atoms with Crippen molar-refractivity contribution in [3.8, 4) is 0 Å². The first-order valence-corrected chi connectivity index (χ1v) is 11.0. The second-order valence-corrected chi connectivity index (χ2v) is 11.1. The van der Waals surface area contributed by atoms with Crippen LogP contribution < -0.4 is 0 Å². The molecule has 10 unspecified atom stereocenters. The van der Waals surface area contributed by atoms with Gasteiger partial charge in [-0.1, -0.05) is 31.9 Å². The maximum Gasteiger partial charge on any atom is 0.0626 e. The van der Waals surface area contributed by atoms with E-state index in [0.29, 0.717) is 33.9 Å². The molecule has 10 atom stereocenters. The van der Waals surface area contributed by atoms with Gasteiger partial charge in [0, 0.05) is 33.6 Å². The first-order valence-electron chi connectivity index (χ1n) is 9.15. The van der Waals surface area contributed by atoms with Gasteiger partial charge in [-0.3, -0.25) is 0 Å². The SMILES string of the molecule is CN(C)C1C2CC(OC3CC4C(Br)CC3C4N(C)C)C1CC2Br. The van der Waals surface area contributed by atoms with Gasteiger partial charge in [-0.05, 0) is 65.7 Å². The maximum atomic E-state index is 6.80. The first-order chi connectivity index (χ1) is 10.9. The van der Waals surface area contributed by atoms with Crippen LogP contribution in [-0.4, -0.2) is 71.9 Å². The third-order valence-corrected chi connectivity index (χ3v) is 9.29. The van der Waals surface area contributed by atoms with Crippen molar-refractivity contribution in [2.24, 2.45) is 23.7 Å². The number of fused-ring (bicyclic) bond motifs is 4. The Morgan fingerprint density at radius 2 is 1.04 bits per heavy atom. The number of alkyl halides is 2. The number of halogens is 2. The zero-order valence-electron chi connectivity index (χ0n) is 14.7. The minimum atomic E-state index is 0.488. The molecule has 0 aromatic carbocycles. The maximum absolute atomic E-state index is 6.80. The molecule has 23 heavy (non-hydrogen) atoms. The minimum absolute atomic E-state index is 0.488. The molecule has 4 aliphatic carbocycles. The summed E-state index contributed by atoms with van der Waals surface area (Å²) in [5.41, 5.74) is 0. The van der Waals surface area contributed by atoms with E-state index < -0.39 is 0 Å². The standard InChI is InChI=1S/C18H30Br2N2O/c1-21(2)17-9-7-15(11(17)5-13(9)19)23-16-8-10-14(20)6-12(16)18(10)22(3)4/h9-18H,5-8H2,1-4H3. The molecule has 132 valence electrons. The van der Waals surface area contributed by atoms with Crippen molar-refractivity contribution in [3.63, 3.8) is 0 Å². The largest absolute Gasteiger partial charge is 0.374 e. The quantitative estimate of drug-likeness (QED) is 0.613. The van der Waals surface area contributed by atoms with Gasteiger partial charge in [0.15, 0.2) is 0 Å². The molecule has 4 aliphatic rings. The monoisotopic (exact) mass is 448 g/mol. The second kappa shape index (κ2) is 6.22. The van der Waals surface area contributed by atoms with Gasteiger partial charge in [-0.15, -0.1) is 0 Å². The Labute approximate surface area is 157 Å². The van der Waals surface area contributed by atoms with Gasteiger partial charge >= 0.3 is 0 Å². The van der Waals surface area contributed by atoms with Crippen LogP contribution in [0.3, 0.4) is 0 Å². The molecule has 0 saturated heterocycles. The van der Waals surface area contributed by atoms with E-state index in [1.807, 2.05) is 0 Å². The van der Waals surface area contributed by atoms with E-state index >= 15 is 0 Å². The van der Waals surface area contributed by atoms with Gasteiger partial charge < -0.3 is 14.5 Å². The van der Waals surface area contributed by atoms with Gasteiger partial charge in [-0.25, -0.2) is 0 Å². The van der Waals surface area contributed by atoms with E-state index in [1.54, 1.807) is 0 Å². The summed E-state index contributed by atoms with van der Waals surface area (Å²) in [6, 6.07) is 1.41. The summed E-state index contributed by atoms with van der Waals surface area (Å²) >= 11 is 7.84. The molecule has 4 rings (SSSR count). The van der Waals surface area contributed by atoms with E-state index in [-0.39, 0.29) is 0 Å². The van der Waals surface area contributed by atoms with E-state index in [0.717, 1.165) is 23.7 Å². The third-order valence-electron chi connectivity index (χ3n) is 7.18. The van der Waals surface area contributed by atoms with Crippen molar-refractivity contribution in [2.75, 3.05) is 28.2 Å². The fourth-order valence-corrected chi connectivity index (χ4v) is 8.40. The average Bonchev–Trinajstić information content (AvgIpc) is 3.15. The minimum Gasteiger partial charge on any atom is -0.374 e. The molecule has 4 saturated carbocycles. The van der Waals surface area contributed by atoms with Gasteiger partial charge in [0.1, 0.15) is 0 Å². The number of hydrogen-bond donors (Lipinski definition) is 0.